The second-order valence-electron chi connectivity index (χ2n) is 4.14. The van der Waals surface area contributed by atoms with E-state index in [9.17, 15) is 4.79 Å². The zero-order valence-electron chi connectivity index (χ0n) is 10.0. The van der Waals surface area contributed by atoms with Gasteiger partial charge in [-0.1, -0.05) is 12.1 Å². The maximum absolute atomic E-state index is 12.1. The molecule has 0 radical (unpaired) electrons. The summed E-state index contributed by atoms with van der Waals surface area (Å²) in [6.07, 6.45) is 2.34. The van der Waals surface area contributed by atoms with Crippen molar-refractivity contribution in [1.29, 1.82) is 0 Å². The van der Waals surface area contributed by atoms with Gasteiger partial charge in [0.2, 0.25) is 0 Å². The van der Waals surface area contributed by atoms with Gasteiger partial charge in [-0.2, -0.15) is 0 Å². The molecular weight excluding hydrogens is 341 g/mol. The molecule has 1 aromatic heterocycles. The first-order valence-corrected chi connectivity index (χ1v) is 6.82. The molecule has 0 bridgehead atoms. The standard InChI is InChI=1S/C14H14INO2/c1-10(9-11-5-4-8-18-11)16-14(17)12-6-2-3-7-13(12)15/h2-8,10H,9H2,1H3,(H,16,17). The highest BCUT2D eigenvalue weighted by Gasteiger charge is 2.13. The van der Waals surface area contributed by atoms with E-state index < -0.39 is 0 Å². The number of furan rings is 1. The first kappa shape index (κ1) is 13.1. The monoisotopic (exact) mass is 355 g/mol. The fourth-order valence-electron chi connectivity index (χ4n) is 1.73. The van der Waals surface area contributed by atoms with Crippen LogP contribution in [0.3, 0.4) is 0 Å². The van der Waals surface area contributed by atoms with E-state index in [-0.39, 0.29) is 11.9 Å². The van der Waals surface area contributed by atoms with Crippen LogP contribution in [0.5, 0.6) is 0 Å². The number of hydrogen-bond acceptors (Lipinski definition) is 2. The molecule has 2 rings (SSSR count). The van der Waals surface area contributed by atoms with Gasteiger partial charge in [0.15, 0.2) is 0 Å². The van der Waals surface area contributed by atoms with Crippen LogP contribution in [0, 0.1) is 3.57 Å². The van der Waals surface area contributed by atoms with Crippen molar-refractivity contribution >= 4 is 28.5 Å². The molecule has 1 atom stereocenters. The van der Waals surface area contributed by atoms with Crippen LogP contribution in [0.4, 0.5) is 0 Å². The van der Waals surface area contributed by atoms with Crippen LogP contribution in [-0.2, 0) is 6.42 Å². The quantitative estimate of drug-likeness (QED) is 0.856. The summed E-state index contributed by atoms with van der Waals surface area (Å²) in [5.41, 5.74) is 0.712. The predicted octanol–water partition coefficient (Wildman–Crippen LogP) is 3.25. The van der Waals surface area contributed by atoms with Gasteiger partial charge >= 0.3 is 0 Å². The largest absolute Gasteiger partial charge is 0.469 e. The Balaban J connectivity index is 1.97. The normalized spacial score (nSPS) is 12.1. The maximum Gasteiger partial charge on any atom is 0.252 e. The van der Waals surface area contributed by atoms with Gasteiger partial charge in [0.1, 0.15) is 5.76 Å². The Bertz CT molecular complexity index is 522. The topological polar surface area (TPSA) is 42.2 Å². The van der Waals surface area contributed by atoms with E-state index in [4.69, 9.17) is 4.42 Å². The molecule has 0 saturated heterocycles. The Morgan fingerprint density at radius 3 is 2.78 bits per heavy atom. The smallest absolute Gasteiger partial charge is 0.252 e. The molecule has 0 fully saturated rings. The predicted molar refractivity (Wildman–Crippen MR) is 78.5 cm³/mol. The molecule has 3 nitrogen and oxygen atoms in total. The minimum Gasteiger partial charge on any atom is -0.469 e. The molecule has 0 spiro atoms. The van der Waals surface area contributed by atoms with E-state index in [0.29, 0.717) is 12.0 Å². The van der Waals surface area contributed by atoms with E-state index >= 15 is 0 Å². The molecule has 0 aliphatic rings. The van der Waals surface area contributed by atoms with Gasteiger partial charge in [0.05, 0.1) is 11.8 Å². The summed E-state index contributed by atoms with van der Waals surface area (Å²) >= 11 is 2.17. The van der Waals surface area contributed by atoms with Crippen LogP contribution in [0.15, 0.2) is 47.1 Å². The molecule has 1 aromatic carbocycles. The van der Waals surface area contributed by atoms with Gasteiger partial charge in [-0.3, -0.25) is 4.79 Å². The molecule has 2 aromatic rings. The summed E-state index contributed by atoms with van der Waals surface area (Å²) in [6.45, 7) is 1.97. The second-order valence-corrected chi connectivity index (χ2v) is 5.30. The van der Waals surface area contributed by atoms with E-state index in [1.165, 1.54) is 0 Å². The summed E-state index contributed by atoms with van der Waals surface area (Å²) in [5.74, 6) is 0.838. The number of halogens is 1. The molecule has 1 heterocycles. The molecule has 18 heavy (non-hydrogen) atoms. The maximum atomic E-state index is 12.1. The van der Waals surface area contributed by atoms with Crippen LogP contribution >= 0.6 is 22.6 Å². The van der Waals surface area contributed by atoms with Crippen molar-refractivity contribution in [1.82, 2.24) is 5.32 Å². The second kappa shape index (κ2) is 6.04. The minimum absolute atomic E-state index is 0.0413. The SMILES string of the molecule is CC(Cc1ccco1)NC(=O)c1ccccc1I. The average Bonchev–Trinajstić information content (AvgIpc) is 2.82. The average molecular weight is 355 g/mol. The molecule has 1 N–H and O–H groups in total. The molecule has 0 aliphatic heterocycles. The third kappa shape index (κ3) is 3.35. The van der Waals surface area contributed by atoms with Crippen molar-refractivity contribution in [3.8, 4) is 0 Å². The number of carbonyl (C=O) groups is 1. The van der Waals surface area contributed by atoms with Gasteiger partial charge < -0.3 is 9.73 Å². The first-order valence-electron chi connectivity index (χ1n) is 5.74. The van der Waals surface area contributed by atoms with Crippen molar-refractivity contribution in [2.24, 2.45) is 0 Å². The van der Waals surface area contributed by atoms with Gasteiger partial charge in [-0.05, 0) is 53.8 Å². The molecule has 0 aliphatic carbocycles. The summed E-state index contributed by atoms with van der Waals surface area (Å²) in [7, 11) is 0. The van der Waals surface area contributed by atoms with Crippen molar-refractivity contribution in [3.05, 3.63) is 57.6 Å². The van der Waals surface area contributed by atoms with Gasteiger partial charge in [0, 0.05) is 16.0 Å². The molecule has 4 heteroatoms. The van der Waals surface area contributed by atoms with E-state index in [2.05, 4.69) is 27.9 Å². The minimum atomic E-state index is -0.0425. The summed E-state index contributed by atoms with van der Waals surface area (Å²) in [5, 5.41) is 2.97. The van der Waals surface area contributed by atoms with Crippen LogP contribution in [0.25, 0.3) is 0 Å². The highest BCUT2D eigenvalue weighted by molar-refractivity contribution is 14.1. The third-order valence-corrected chi connectivity index (χ3v) is 3.52. The van der Waals surface area contributed by atoms with Crippen molar-refractivity contribution in [2.45, 2.75) is 19.4 Å². The molecule has 0 saturated carbocycles. The van der Waals surface area contributed by atoms with Crippen LogP contribution in [0.1, 0.15) is 23.0 Å². The Morgan fingerprint density at radius 1 is 1.33 bits per heavy atom. The summed E-state index contributed by atoms with van der Waals surface area (Å²) < 4.78 is 6.22. The van der Waals surface area contributed by atoms with Crippen LogP contribution < -0.4 is 5.32 Å². The summed E-state index contributed by atoms with van der Waals surface area (Å²) in [6, 6.07) is 11.3. The van der Waals surface area contributed by atoms with Crippen molar-refractivity contribution in [2.75, 3.05) is 0 Å². The Morgan fingerprint density at radius 2 is 2.11 bits per heavy atom. The van der Waals surface area contributed by atoms with E-state index in [0.717, 1.165) is 9.33 Å². The fourth-order valence-corrected chi connectivity index (χ4v) is 2.36. The fraction of sp³-hybridized carbons (Fsp3) is 0.214. The lowest BCUT2D eigenvalue weighted by molar-refractivity contribution is 0.0938. The number of rotatable bonds is 4. The molecule has 1 amide bonds. The van der Waals surface area contributed by atoms with Gasteiger partial charge in [-0.25, -0.2) is 0 Å². The van der Waals surface area contributed by atoms with E-state index in [1.54, 1.807) is 6.26 Å². The molecule has 94 valence electrons. The van der Waals surface area contributed by atoms with Crippen LogP contribution in [0.2, 0.25) is 0 Å². The van der Waals surface area contributed by atoms with Gasteiger partial charge in [-0.15, -0.1) is 0 Å². The van der Waals surface area contributed by atoms with Crippen LogP contribution in [-0.4, -0.2) is 11.9 Å². The van der Waals surface area contributed by atoms with Crippen molar-refractivity contribution in [3.63, 3.8) is 0 Å². The van der Waals surface area contributed by atoms with Crippen molar-refractivity contribution < 1.29 is 9.21 Å². The summed E-state index contributed by atoms with van der Waals surface area (Å²) in [4.78, 5) is 12.1. The lowest BCUT2D eigenvalue weighted by Gasteiger charge is -2.13. The zero-order valence-corrected chi connectivity index (χ0v) is 12.2. The first-order chi connectivity index (χ1) is 8.66. The van der Waals surface area contributed by atoms with E-state index in [1.807, 2.05) is 43.3 Å². The Hall–Kier alpha value is -1.30. The highest BCUT2D eigenvalue weighted by atomic mass is 127. The lowest BCUT2D eigenvalue weighted by Crippen LogP contribution is -2.34. The number of benzene rings is 1. The third-order valence-electron chi connectivity index (χ3n) is 2.58. The number of nitrogens with one attached hydrogen (secondary N) is 1. The Kier molecular flexibility index (Phi) is 4.41. The number of carbonyl (C=O) groups excluding carboxylic acids is 1. The zero-order chi connectivity index (χ0) is 13.0. The molecule has 1 unspecified atom stereocenters. The molecular formula is C14H14INO2. The van der Waals surface area contributed by atoms with Gasteiger partial charge in [0.25, 0.3) is 5.91 Å². The number of hydrogen-bond donors (Lipinski definition) is 1. The Labute approximate surface area is 120 Å². The highest BCUT2D eigenvalue weighted by Crippen LogP contribution is 2.12. The lowest BCUT2D eigenvalue weighted by atomic mass is 10.1. The number of amides is 1.